The Balaban J connectivity index is 1.72. The maximum absolute atomic E-state index is 13.6. The van der Waals surface area contributed by atoms with Crippen LogP contribution in [0.3, 0.4) is 0 Å². The number of rotatable bonds is 3. The number of halogens is 3. The molecule has 0 unspecified atom stereocenters. The SMILES string of the molecule is C[C@@H]1Cc2cc(/C=C3/C(=O)N(c4ccc(S(N)(=O)=O)cc4)N=C3C(F)(F)F)ccc2O1. The molecule has 0 bridgehead atoms. The van der Waals surface area contributed by atoms with Gasteiger partial charge in [-0.1, -0.05) is 6.07 Å². The van der Waals surface area contributed by atoms with Gasteiger partial charge in [0.25, 0.3) is 5.91 Å². The number of carbonyl (C=O) groups is 1. The second kappa shape index (κ2) is 7.20. The van der Waals surface area contributed by atoms with Crippen LogP contribution in [0.25, 0.3) is 6.08 Å². The monoisotopic (exact) mass is 451 g/mol. The van der Waals surface area contributed by atoms with E-state index in [0.29, 0.717) is 22.7 Å². The van der Waals surface area contributed by atoms with Crippen molar-refractivity contribution in [2.24, 2.45) is 10.2 Å². The van der Waals surface area contributed by atoms with Crippen LogP contribution in [0.1, 0.15) is 18.1 Å². The van der Waals surface area contributed by atoms with Crippen LogP contribution in [-0.4, -0.2) is 32.3 Å². The van der Waals surface area contributed by atoms with Gasteiger partial charge in [-0.3, -0.25) is 4.79 Å². The smallest absolute Gasteiger partial charge is 0.435 e. The number of alkyl halides is 3. The average molecular weight is 451 g/mol. The minimum atomic E-state index is -4.87. The Morgan fingerprint density at radius 1 is 1.19 bits per heavy atom. The molecule has 0 fully saturated rings. The number of nitrogens with two attached hydrogens (primary N) is 1. The molecule has 1 atom stereocenters. The van der Waals surface area contributed by atoms with Crippen molar-refractivity contribution in [1.29, 1.82) is 0 Å². The third kappa shape index (κ3) is 4.06. The summed E-state index contributed by atoms with van der Waals surface area (Å²) in [4.78, 5) is 12.6. The molecule has 2 aromatic rings. The first-order valence-electron chi connectivity index (χ1n) is 9.08. The van der Waals surface area contributed by atoms with Crippen LogP contribution in [0.15, 0.2) is 58.0 Å². The zero-order chi connectivity index (χ0) is 22.6. The molecule has 0 saturated carbocycles. The second-order valence-corrected chi connectivity index (χ2v) is 8.72. The molecule has 31 heavy (non-hydrogen) atoms. The fraction of sp³-hybridized carbons (Fsp3) is 0.200. The van der Waals surface area contributed by atoms with Crippen molar-refractivity contribution in [3.05, 3.63) is 59.2 Å². The molecule has 4 rings (SSSR count). The van der Waals surface area contributed by atoms with E-state index in [-0.39, 0.29) is 16.7 Å². The van der Waals surface area contributed by atoms with Crippen LogP contribution in [0.5, 0.6) is 5.75 Å². The van der Waals surface area contributed by atoms with Crippen molar-refractivity contribution < 1.29 is 31.1 Å². The summed E-state index contributed by atoms with van der Waals surface area (Å²) in [6, 6.07) is 9.39. The Morgan fingerprint density at radius 2 is 1.87 bits per heavy atom. The third-order valence-electron chi connectivity index (χ3n) is 4.79. The first-order valence-corrected chi connectivity index (χ1v) is 10.6. The lowest BCUT2D eigenvalue weighted by Gasteiger charge is -2.12. The summed E-state index contributed by atoms with van der Waals surface area (Å²) in [5.74, 6) is -0.325. The number of ether oxygens (including phenoxy) is 1. The number of anilines is 1. The summed E-state index contributed by atoms with van der Waals surface area (Å²) >= 11 is 0. The highest BCUT2D eigenvalue weighted by atomic mass is 32.2. The molecule has 0 spiro atoms. The molecule has 2 aliphatic heterocycles. The number of carbonyl (C=O) groups excluding carboxylic acids is 1. The van der Waals surface area contributed by atoms with E-state index in [1.165, 1.54) is 0 Å². The summed E-state index contributed by atoms with van der Waals surface area (Å²) in [5.41, 5.74) is -0.733. The number of primary sulfonamides is 1. The molecule has 11 heteroatoms. The normalized spacial score (nSPS) is 20.1. The molecule has 0 aromatic heterocycles. The summed E-state index contributed by atoms with van der Waals surface area (Å²) < 4.78 is 69.1. The number of sulfonamides is 1. The highest BCUT2D eigenvalue weighted by Crippen LogP contribution is 2.34. The minimum Gasteiger partial charge on any atom is -0.490 e. The number of fused-ring (bicyclic) bond motifs is 1. The maximum Gasteiger partial charge on any atom is 0.435 e. The van der Waals surface area contributed by atoms with Crippen molar-refractivity contribution in [2.75, 3.05) is 5.01 Å². The van der Waals surface area contributed by atoms with Crippen LogP contribution in [0.2, 0.25) is 0 Å². The summed E-state index contributed by atoms with van der Waals surface area (Å²) in [6.45, 7) is 1.88. The number of hydrogen-bond acceptors (Lipinski definition) is 5. The van der Waals surface area contributed by atoms with E-state index in [0.717, 1.165) is 35.9 Å². The van der Waals surface area contributed by atoms with Gasteiger partial charge in [0.05, 0.1) is 16.2 Å². The average Bonchev–Trinajstić information content (AvgIpc) is 3.20. The molecule has 7 nitrogen and oxygen atoms in total. The lowest BCUT2D eigenvalue weighted by molar-refractivity contribution is -0.114. The van der Waals surface area contributed by atoms with Crippen LogP contribution >= 0.6 is 0 Å². The third-order valence-corrected chi connectivity index (χ3v) is 5.72. The van der Waals surface area contributed by atoms with Gasteiger partial charge >= 0.3 is 6.18 Å². The standard InChI is InChI=1S/C20H16F3N3O4S/c1-11-8-13-9-12(2-7-17(13)30-11)10-16-18(20(21,22)23)25-26(19(16)27)14-3-5-15(6-4-14)31(24,28)29/h2-7,9-11H,8H2,1H3,(H2,24,28,29)/b16-10+/t11-/m1/s1. The molecule has 0 aliphatic carbocycles. The van der Waals surface area contributed by atoms with Gasteiger partial charge in [0, 0.05) is 6.42 Å². The van der Waals surface area contributed by atoms with Crippen molar-refractivity contribution >= 4 is 33.4 Å². The number of hydrazone groups is 1. The lowest BCUT2D eigenvalue weighted by atomic mass is 10.0. The zero-order valence-corrected chi connectivity index (χ0v) is 16.9. The molecule has 2 aromatic carbocycles. The van der Waals surface area contributed by atoms with E-state index in [1.54, 1.807) is 18.2 Å². The molecule has 0 saturated heterocycles. The number of hydrogen-bond donors (Lipinski definition) is 1. The van der Waals surface area contributed by atoms with Gasteiger partial charge in [-0.15, -0.1) is 0 Å². The van der Waals surface area contributed by atoms with Gasteiger partial charge < -0.3 is 4.74 Å². The largest absolute Gasteiger partial charge is 0.490 e. The van der Waals surface area contributed by atoms with Gasteiger partial charge in [-0.25, -0.2) is 13.6 Å². The van der Waals surface area contributed by atoms with Crippen molar-refractivity contribution in [3.63, 3.8) is 0 Å². The van der Waals surface area contributed by atoms with Crippen LogP contribution in [0, 0.1) is 0 Å². The Hall–Kier alpha value is -3.18. The molecule has 1 amide bonds. The maximum atomic E-state index is 13.6. The van der Waals surface area contributed by atoms with E-state index in [2.05, 4.69) is 5.10 Å². The topological polar surface area (TPSA) is 102 Å². The van der Waals surface area contributed by atoms with Crippen LogP contribution < -0.4 is 14.9 Å². The van der Waals surface area contributed by atoms with E-state index in [9.17, 15) is 26.4 Å². The Kier molecular flexibility index (Phi) is 4.90. The predicted molar refractivity (Wildman–Crippen MR) is 107 cm³/mol. The van der Waals surface area contributed by atoms with Crippen LogP contribution in [0.4, 0.5) is 18.9 Å². The van der Waals surface area contributed by atoms with Crippen LogP contribution in [-0.2, 0) is 21.2 Å². The summed E-state index contributed by atoms with van der Waals surface area (Å²) in [5, 5.41) is 9.07. The molecular formula is C20H16F3N3O4S. The Bertz CT molecular complexity index is 1240. The van der Waals surface area contributed by atoms with Gasteiger partial charge in [-0.2, -0.15) is 23.3 Å². The fourth-order valence-corrected chi connectivity index (χ4v) is 3.92. The first-order chi connectivity index (χ1) is 14.4. The molecule has 0 radical (unpaired) electrons. The van der Waals surface area contributed by atoms with Crippen molar-refractivity contribution in [3.8, 4) is 5.75 Å². The van der Waals surface area contributed by atoms with Gasteiger partial charge in [0.1, 0.15) is 11.9 Å². The molecule has 2 heterocycles. The molecule has 2 aliphatic rings. The number of benzene rings is 2. The molecule has 2 N–H and O–H groups in total. The minimum absolute atomic E-state index is 0.0290. The van der Waals surface area contributed by atoms with Gasteiger partial charge in [-0.05, 0) is 60.5 Å². The van der Waals surface area contributed by atoms with Crippen molar-refractivity contribution in [1.82, 2.24) is 0 Å². The molecule has 162 valence electrons. The second-order valence-electron chi connectivity index (χ2n) is 7.16. The number of amides is 1. The van der Waals surface area contributed by atoms with E-state index < -0.39 is 33.4 Å². The van der Waals surface area contributed by atoms with E-state index >= 15 is 0 Å². The first kappa shape index (κ1) is 21.1. The summed E-state index contributed by atoms with van der Waals surface area (Å²) in [6.07, 6.45) is -3.15. The number of nitrogens with zero attached hydrogens (tertiary/aromatic N) is 2. The predicted octanol–water partition coefficient (Wildman–Crippen LogP) is 3.01. The lowest BCUT2D eigenvalue weighted by Crippen LogP contribution is -2.25. The zero-order valence-electron chi connectivity index (χ0n) is 16.1. The fourth-order valence-electron chi connectivity index (χ4n) is 3.40. The summed E-state index contributed by atoms with van der Waals surface area (Å²) in [7, 11) is -3.99. The van der Waals surface area contributed by atoms with Gasteiger partial charge in [0.2, 0.25) is 10.0 Å². The van der Waals surface area contributed by atoms with E-state index in [1.807, 2.05) is 6.92 Å². The Morgan fingerprint density at radius 3 is 2.48 bits per heavy atom. The highest BCUT2D eigenvalue weighted by molar-refractivity contribution is 7.89. The van der Waals surface area contributed by atoms with E-state index in [4.69, 9.17) is 9.88 Å². The quantitative estimate of drug-likeness (QED) is 0.725. The molecular weight excluding hydrogens is 435 g/mol. The van der Waals surface area contributed by atoms with Crippen molar-refractivity contribution in [2.45, 2.75) is 30.5 Å². The highest BCUT2D eigenvalue weighted by Gasteiger charge is 2.46. The van der Waals surface area contributed by atoms with Gasteiger partial charge in [0.15, 0.2) is 5.71 Å². The Labute approximate surface area is 175 Å².